The van der Waals surface area contributed by atoms with Gasteiger partial charge >= 0.3 is 6.03 Å². The van der Waals surface area contributed by atoms with Crippen LogP contribution in [0, 0.1) is 12.8 Å². The number of sulfonamides is 1. The Morgan fingerprint density at radius 1 is 1.14 bits per heavy atom. The van der Waals surface area contributed by atoms with E-state index in [9.17, 15) is 13.2 Å². The van der Waals surface area contributed by atoms with Crippen LogP contribution in [0.1, 0.15) is 25.8 Å². The number of amides is 2. The Balaban J connectivity index is 1.70. The molecule has 0 aliphatic carbocycles. The summed E-state index contributed by atoms with van der Waals surface area (Å²) in [4.78, 5) is 16.5. The number of anilines is 2. The first-order valence-electron chi connectivity index (χ1n) is 9.28. The van der Waals surface area contributed by atoms with Crippen molar-refractivity contribution in [3.63, 3.8) is 0 Å². The highest BCUT2D eigenvalue weighted by molar-refractivity contribution is 7.93. The number of carbonyl (C=O) groups excluding carboxylic acids is 1. The minimum absolute atomic E-state index is 0.183. The van der Waals surface area contributed by atoms with E-state index in [1.807, 2.05) is 6.92 Å². The van der Waals surface area contributed by atoms with Crippen molar-refractivity contribution in [1.82, 2.24) is 10.3 Å². The Kier molecular flexibility index (Phi) is 6.39. The van der Waals surface area contributed by atoms with E-state index in [2.05, 4.69) is 34.2 Å². The summed E-state index contributed by atoms with van der Waals surface area (Å²) in [5.74, 6) is 0.517. The predicted octanol–water partition coefficient (Wildman–Crippen LogP) is 4.57. The molecule has 0 bridgehead atoms. The van der Waals surface area contributed by atoms with Crippen LogP contribution in [0.15, 0.2) is 47.4 Å². The maximum absolute atomic E-state index is 12.5. The van der Waals surface area contributed by atoms with Gasteiger partial charge in [0.15, 0.2) is 5.13 Å². The number of thiazole rings is 1. The van der Waals surface area contributed by atoms with Gasteiger partial charge in [-0.1, -0.05) is 42.9 Å². The van der Waals surface area contributed by atoms with Gasteiger partial charge in [-0.05, 0) is 49.6 Å². The minimum Gasteiger partial charge on any atom is -0.338 e. The quantitative estimate of drug-likeness (QED) is 0.509. The molecule has 7 nitrogen and oxygen atoms in total. The summed E-state index contributed by atoms with van der Waals surface area (Å²) in [6, 6.07) is 11.6. The maximum atomic E-state index is 12.5. The molecular formula is C20H24N4O3S2. The van der Waals surface area contributed by atoms with Gasteiger partial charge in [-0.15, -0.1) is 0 Å². The first-order chi connectivity index (χ1) is 13.7. The van der Waals surface area contributed by atoms with Gasteiger partial charge in [-0.3, -0.25) is 4.72 Å². The number of nitrogens with one attached hydrogen (secondary N) is 3. The summed E-state index contributed by atoms with van der Waals surface area (Å²) in [5.41, 5.74) is 2.19. The highest BCUT2D eigenvalue weighted by atomic mass is 32.2. The lowest BCUT2D eigenvalue weighted by molar-refractivity contribution is 0.251. The number of carbonyl (C=O) groups is 1. The third-order valence-corrected chi connectivity index (χ3v) is 6.64. The summed E-state index contributed by atoms with van der Waals surface area (Å²) in [5, 5.41) is 5.86. The molecule has 3 N–H and O–H groups in total. The van der Waals surface area contributed by atoms with Crippen LogP contribution in [-0.4, -0.2) is 26.0 Å². The van der Waals surface area contributed by atoms with Gasteiger partial charge in [0, 0.05) is 12.2 Å². The molecule has 0 aliphatic heterocycles. The van der Waals surface area contributed by atoms with Crippen LogP contribution in [0.5, 0.6) is 0 Å². The van der Waals surface area contributed by atoms with Crippen molar-refractivity contribution < 1.29 is 13.2 Å². The summed E-state index contributed by atoms with van der Waals surface area (Å²) >= 11 is 1.24. The molecule has 0 unspecified atom stereocenters. The molecule has 29 heavy (non-hydrogen) atoms. The average molecular weight is 433 g/mol. The van der Waals surface area contributed by atoms with Crippen molar-refractivity contribution in [1.29, 1.82) is 0 Å². The van der Waals surface area contributed by atoms with Crippen LogP contribution < -0.4 is 15.4 Å². The molecule has 0 saturated carbocycles. The summed E-state index contributed by atoms with van der Waals surface area (Å²) < 4.78 is 28.4. The van der Waals surface area contributed by atoms with Crippen LogP contribution in [0.2, 0.25) is 0 Å². The third-order valence-electron chi connectivity index (χ3n) is 4.21. The molecule has 1 aromatic heterocycles. The zero-order valence-corrected chi connectivity index (χ0v) is 18.2. The normalized spacial score (nSPS) is 11.6. The van der Waals surface area contributed by atoms with E-state index in [1.165, 1.54) is 11.3 Å². The predicted molar refractivity (Wildman–Crippen MR) is 118 cm³/mol. The highest BCUT2D eigenvalue weighted by Gasteiger charge is 2.16. The molecule has 3 aromatic rings. The molecule has 0 saturated heterocycles. The van der Waals surface area contributed by atoms with Gasteiger partial charge in [0.05, 0.1) is 15.1 Å². The van der Waals surface area contributed by atoms with Gasteiger partial charge in [0.2, 0.25) is 0 Å². The largest absolute Gasteiger partial charge is 0.338 e. The smallest absolute Gasteiger partial charge is 0.319 e. The second kappa shape index (κ2) is 8.79. The van der Waals surface area contributed by atoms with E-state index in [-0.39, 0.29) is 16.1 Å². The van der Waals surface area contributed by atoms with Gasteiger partial charge in [0.1, 0.15) is 0 Å². The van der Waals surface area contributed by atoms with Crippen molar-refractivity contribution in [2.75, 3.05) is 16.6 Å². The standard InChI is InChI=1S/C20H24N4O3S2/c1-13(2)10-11-21-19(25)22-15-6-9-18-17(12-15)23-20(28-18)24-29(26,27)16-7-4-14(3)5-8-16/h4-9,12-13H,10-11H2,1-3H3,(H,23,24)(H2,21,22,25). The number of aryl methyl sites for hydroxylation is 1. The lowest BCUT2D eigenvalue weighted by Crippen LogP contribution is -2.30. The van der Waals surface area contributed by atoms with E-state index in [0.717, 1.165) is 16.7 Å². The Morgan fingerprint density at radius 2 is 1.86 bits per heavy atom. The molecular weight excluding hydrogens is 408 g/mol. The van der Waals surface area contributed by atoms with Crippen LogP contribution in [0.4, 0.5) is 15.6 Å². The SMILES string of the molecule is Cc1ccc(S(=O)(=O)Nc2nc3cc(NC(=O)NCCC(C)C)ccc3s2)cc1. The van der Waals surface area contributed by atoms with Crippen LogP contribution in [-0.2, 0) is 10.0 Å². The van der Waals surface area contributed by atoms with Crippen LogP contribution in [0.25, 0.3) is 10.2 Å². The van der Waals surface area contributed by atoms with E-state index >= 15 is 0 Å². The zero-order valence-electron chi connectivity index (χ0n) is 16.5. The second-order valence-electron chi connectivity index (χ2n) is 7.18. The van der Waals surface area contributed by atoms with Crippen molar-refractivity contribution in [2.45, 2.75) is 32.1 Å². The topological polar surface area (TPSA) is 100 Å². The molecule has 2 amide bonds. The minimum atomic E-state index is -3.71. The Labute approximate surface area is 174 Å². The number of benzene rings is 2. The number of fused-ring (bicyclic) bond motifs is 1. The molecule has 3 rings (SSSR count). The highest BCUT2D eigenvalue weighted by Crippen LogP contribution is 2.29. The molecule has 0 atom stereocenters. The van der Waals surface area contributed by atoms with Crippen molar-refractivity contribution in [3.05, 3.63) is 48.0 Å². The Hall–Kier alpha value is -2.65. The van der Waals surface area contributed by atoms with Crippen molar-refractivity contribution in [2.24, 2.45) is 5.92 Å². The number of rotatable bonds is 7. The number of hydrogen-bond acceptors (Lipinski definition) is 5. The summed E-state index contributed by atoms with van der Waals surface area (Å²) in [6.45, 7) is 6.70. The lowest BCUT2D eigenvalue weighted by atomic mass is 10.1. The first kappa shape index (κ1) is 21.1. The molecule has 9 heteroatoms. The fourth-order valence-electron chi connectivity index (χ4n) is 2.59. The van der Waals surface area contributed by atoms with Crippen molar-refractivity contribution >= 4 is 48.4 Å². The van der Waals surface area contributed by atoms with Crippen LogP contribution in [0.3, 0.4) is 0 Å². The molecule has 0 spiro atoms. The molecule has 2 aromatic carbocycles. The Bertz CT molecular complexity index is 1110. The molecule has 154 valence electrons. The van der Waals surface area contributed by atoms with Gasteiger partial charge in [-0.2, -0.15) is 0 Å². The summed E-state index contributed by atoms with van der Waals surface area (Å²) in [6.07, 6.45) is 0.906. The number of hydrogen-bond donors (Lipinski definition) is 3. The van der Waals surface area contributed by atoms with Gasteiger partial charge in [0.25, 0.3) is 10.0 Å². The zero-order chi connectivity index (χ0) is 21.0. The molecule has 0 radical (unpaired) electrons. The fraction of sp³-hybridized carbons (Fsp3) is 0.300. The monoisotopic (exact) mass is 432 g/mol. The van der Waals surface area contributed by atoms with E-state index in [0.29, 0.717) is 23.7 Å². The van der Waals surface area contributed by atoms with Gasteiger partial charge in [-0.25, -0.2) is 18.2 Å². The Morgan fingerprint density at radius 3 is 2.55 bits per heavy atom. The molecule has 1 heterocycles. The van der Waals surface area contributed by atoms with E-state index in [1.54, 1.807) is 42.5 Å². The number of urea groups is 1. The molecule has 0 aliphatic rings. The van der Waals surface area contributed by atoms with Gasteiger partial charge < -0.3 is 10.6 Å². The maximum Gasteiger partial charge on any atom is 0.319 e. The molecule has 0 fully saturated rings. The van der Waals surface area contributed by atoms with E-state index in [4.69, 9.17) is 0 Å². The van der Waals surface area contributed by atoms with Crippen molar-refractivity contribution in [3.8, 4) is 0 Å². The fourth-order valence-corrected chi connectivity index (χ4v) is 4.67. The summed E-state index contributed by atoms with van der Waals surface area (Å²) in [7, 11) is -3.71. The average Bonchev–Trinajstić information content (AvgIpc) is 3.02. The number of aromatic nitrogens is 1. The first-order valence-corrected chi connectivity index (χ1v) is 11.6. The van der Waals surface area contributed by atoms with E-state index < -0.39 is 10.0 Å². The third kappa shape index (κ3) is 5.68. The lowest BCUT2D eigenvalue weighted by Gasteiger charge is -2.08. The van der Waals surface area contributed by atoms with Crippen LogP contribution >= 0.6 is 11.3 Å². The second-order valence-corrected chi connectivity index (χ2v) is 9.90. The number of nitrogens with zero attached hydrogens (tertiary/aromatic N) is 1.